The SMILES string of the molecule is CCOc1cc(C=NNC(=O)c2ccc(C)cc2Cl)ccc1OC(=O)c1cccs1. The zero-order chi connectivity index (χ0) is 21.5. The maximum atomic E-state index is 12.2. The Morgan fingerprint density at radius 1 is 1.17 bits per heavy atom. The summed E-state index contributed by atoms with van der Waals surface area (Å²) in [6.07, 6.45) is 1.47. The zero-order valence-electron chi connectivity index (χ0n) is 16.3. The van der Waals surface area contributed by atoms with Crippen molar-refractivity contribution in [1.29, 1.82) is 0 Å². The molecule has 0 saturated carbocycles. The number of ether oxygens (including phenoxy) is 2. The molecule has 2 aromatic carbocycles. The second kappa shape index (κ2) is 10.0. The lowest BCUT2D eigenvalue weighted by Crippen LogP contribution is -2.18. The van der Waals surface area contributed by atoms with Gasteiger partial charge < -0.3 is 9.47 Å². The van der Waals surface area contributed by atoms with Gasteiger partial charge in [0.05, 0.1) is 23.4 Å². The van der Waals surface area contributed by atoms with Crippen LogP contribution >= 0.6 is 22.9 Å². The fourth-order valence-electron chi connectivity index (χ4n) is 2.53. The first kappa shape index (κ1) is 21.5. The summed E-state index contributed by atoms with van der Waals surface area (Å²) >= 11 is 7.40. The van der Waals surface area contributed by atoms with Crippen LogP contribution in [-0.4, -0.2) is 24.7 Å². The first-order valence-corrected chi connectivity index (χ1v) is 10.4. The molecule has 1 aromatic heterocycles. The molecular weight excluding hydrogens is 424 g/mol. The molecule has 154 valence electrons. The number of aryl methyl sites for hydroxylation is 1. The van der Waals surface area contributed by atoms with E-state index in [2.05, 4.69) is 10.5 Å². The van der Waals surface area contributed by atoms with Gasteiger partial charge in [-0.1, -0.05) is 23.7 Å². The summed E-state index contributed by atoms with van der Waals surface area (Å²) in [6, 6.07) is 13.6. The van der Waals surface area contributed by atoms with Crippen LogP contribution in [-0.2, 0) is 0 Å². The van der Waals surface area contributed by atoms with Crippen LogP contribution in [0.3, 0.4) is 0 Å². The minimum atomic E-state index is -0.449. The normalized spacial score (nSPS) is 10.8. The van der Waals surface area contributed by atoms with E-state index >= 15 is 0 Å². The van der Waals surface area contributed by atoms with Crippen molar-refractivity contribution in [2.24, 2.45) is 5.10 Å². The van der Waals surface area contributed by atoms with Crippen LogP contribution in [0.4, 0.5) is 0 Å². The van der Waals surface area contributed by atoms with Gasteiger partial charge >= 0.3 is 5.97 Å². The number of carbonyl (C=O) groups excluding carboxylic acids is 2. The molecule has 6 nitrogen and oxygen atoms in total. The van der Waals surface area contributed by atoms with Gasteiger partial charge in [-0.3, -0.25) is 4.79 Å². The second-order valence-electron chi connectivity index (χ2n) is 6.19. The topological polar surface area (TPSA) is 77.0 Å². The number of halogens is 1. The summed E-state index contributed by atoms with van der Waals surface area (Å²) < 4.78 is 11.0. The molecule has 3 aromatic rings. The lowest BCUT2D eigenvalue weighted by Gasteiger charge is -2.10. The van der Waals surface area contributed by atoms with Crippen molar-refractivity contribution in [3.05, 3.63) is 80.5 Å². The van der Waals surface area contributed by atoms with Crippen LogP contribution < -0.4 is 14.9 Å². The van der Waals surface area contributed by atoms with Crippen molar-refractivity contribution in [2.75, 3.05) is 6.61 Å². The third-order valence-electron chi connectivity index (χ3n) is 3.94. The summed E-state index contributed by atoms with van der Waals surface area (Å²) in [4.78, 5) is 24.9. The molecule has 8 heteroatoms. The first-order valence-electron chi connectivity index (χ1n) is 9.10. The van der Waals surface area contributed by atoms with Gasteiger partial charge in [0.25, 0.3) is 5.91 Å². The average molecular weight is 443 g/mol. The van der Waals surface area contributed by atoms with Gasteiger partial charge in [-0.05, 0) is 66.8 Å². The Labute approximate surface area is 183 Å². The van der Waals surface area contributed by atoms with Gasteiger partial charge in [-0.15, -0.1) is 11.3 Å². The van der Waals surface area contributed by atoms with E-state index in [9.17, 15) is 9.59 Å². The Balaban J connectivity index is 1.70. The maximum Gasteiger partial charge on any atom is 0.353 e. The number of benzene rings is 2. The highest BCUT2D eigenvalue weighted by atomic mass is 35.5. The van der Waals surface area contributed by atoms with Gasteiger partial charge in [-0.25, -0.2) is 10.2 Å². The van der Waals surface area contributed by atoms with Crippen LogP contribution in [0.25, 0.3) is 0 Å². The molecule has 1 N–H and O–H groups in total. The number of esters is 1. The Hall–Kier alpha value is -3.16. The van der Waals surface area contributed by atoms with Crippen LogP contribution in [0.2, 0.25) is 5.02 Å². The fourth-order valence-corrected chi connectivity index (χ4v) is 3.45. The minimum Gasteiger partial charge on any atom is -0.490 e. The number of rotatable bonds is 7. The predicted octanol–water partition coefficient (Wildman–Crippen LogP) is 5.09. The predicted molar refractivity (Wildman–Crippen MR) is 118 cm³/mol. The third-order valence-corrected chi connectivity index (χ3v) is 5.10. The quantitative estimate of drug-likeness (QED) is 0.239. The minimum absolute atomic E-state index is 0.308. The second-order valence-corrected chi connectivity index (χ2v) is 7.54. The molecule has 3 rings (SSSR count). The number of nitrogens with zero attached hydrogens (tertiary/aromatic N) is 1. The van der Waals surface area contributed by atoms with Crippen molar-refractivity contribution < 1.29 is 19.1 Å². The van der Waals surface area contributed by atoms with Crippen molar-refractivity contribution in [1.82, 2.24) is 5.43 Å². The standard InChI is InChI=1S/C22H19ClN2O4S/c1-3-28-19-12-15(7-9-18(19)29-22(27)20-5-4-10-30-20)13-24-25-21(26)16-8-6-14(2)11-17(16)23/h4-13H,3H2,1-2H3,(H,25,26). The summed E-state index contributed by atoms with van der Waals surface area (Å²) in [6.45, 7) is 4.12. The molecule has 0 aliphatic carbocycles. The van der Waals surface area contributed by atoms with E-state index in [1.165, 1.54) is 17.6 Å². The lowest BCUT2D eigenvalue weighted by atomic mass is 10.1. The Kier molecular flexibility index (Phi) is 7.21. The van der Waals surface area contributed by atoms with E-state index in [4.69, 9.17) is 21.1 Å². The maximum absolute atomic E-state index is 12.2. The number of hydrazone groups is 1. The summed E-state index contributed by atoms with van der Waals surface area (Å²) in [5.74, 6) is -0.153. The highest BCUT2D eigenvalue weighted by molar-refractivity contribution is 7.12. The van der Waals surface area contributed by atoms with Gasteiger partial charge in [0.15, 0.2) is 11.5 Å². The molecule has 1 amide bonds. The molecule has 0 unspecified atom stereocenters. The van der Waals surface area contributed by atoms with Crippen molar-refractivity contribution >= 4 is 41.0 Å². The Morgan fingerprint density at radius 3 is 2.70 bits per heavy atom. The highest BCUT2D eigenvalue weighted by Crippen LogP contribution is 2.29. The van der Waals surface area contributed by atoms with E-state index in [0.717, 1.165) is 5.56 Å². The van der Waals surface area contributed by atoms with Crippen molar-refractivity contribution in [3.8, 4) is 11.5 Å². The van der Waals surface area contributed by atoms with Crippen molar-refractivity contribution in [3.63, 3.8) is 0 Å². The summed E-state index contributed by atoms with van der Waals surface area (Å²) in [7, 11) is 0. The molecule has 0 aliphatic heterocycles. The van der Waals surface area contributed by atoms with Gasteiger partial charge in [0.2, 0.25) is 0 Å². The van der Waals surface area contributed by atoms with Crippen LogP contribution in [0.5, 0.6) is 11.5 Å². The molecular formula is C22H19ClN2O4S. The number of hydrogen-bond donors (Lipinski definition) is 1. The molecule has 0 radical (unpaired) electrons. The largest absolute Gasteiger partial charge is 0.490 e. The van der Waals surface area contributed by atoms with E-state index in [0.29, 0.717) is 39.1 Å². The van der Waals surface area contributed by atoms with E-state index < -0.39 is 11.9 Å². The van der Waals surface area contributed by atoms with E-state index in [1.807, 2.05) is 13.8 Å². The smallest absolute Gasteiger partial charge is 0.353 e. The molecule has 30 heavy (non-hydrogen) atoms. The molecule has 1 heterocycles. The molecule has 0 bridgehead atoms. The number of carbonyl (C=O) groups is 2. The average Bonchev–Trinajstić information content (AvgIpc) is 3.25. The number of hydrogen-bond acceptors (Lipinski definition) is 6. The zero-order valence-corrected chi connectivity index (χ0v) is 17.9. The van der Waals surface area contributed by atoms with E-state index in [1.54, 1.807) is 53.9 Å². The van der Waals surface area contributed by atoms with E-state index in [-0.39, 0.29) is 0 Å². The van der Waals surface area contributed by atoms with Crippen molar-refractivity contribution in [2.45, 2.75) is 13.8 Å². The molecule has 0 aliphatic rings. The Morgan fingerprint density at radius 2 is 2.00 bits per heavy atom. The number of nitrogens with one attached hydrogen (secondary N) is 1. The molecule has 0 saturated heterocycles. The third kappa shape index (κ3) is 5.46. The monoisotopic (exact) mass is 442 g/mol. The first-order chi connectivity index (χ1) is 14.5. The summed E-state index contributed by atoms with van der Waals surface area (Å²) in [5, 5.41) is 6.13. The lowest BCUT2D eigenvalue weighted by molar-refractivity contribution is 0.0733. The van der Waals surface area contributed by atoms with Gasteiger partial charge in [-0.2, -0.15) is 5.10 Å². The number of thiophene rings is 1. The molecule has 0 atom stereocenters. The highest BCUT2D eigenvalue weighted by Gasteiger charge is 2.14. The molecule has 0 fully saturated rings. The fraction of sp³-hybridized carbons (Fsp3) is 0.136. The van der Waals surface area contributed by atoms with Gasteiger partial charge in [0, 0.05) is 0 Å². The van der Waals surface area contributed by atoms with Gasteiger partial charge in [0.1, 0.15) is 4.88 Å². The van der Waals surface area contributed by atoms with Crippen LogP contribution in [0.15, 0.2) is 59.0 Å². The number of amides is 1. The van der Waals surface area contributed by atoms with Crippen LogP contribution in [0.1, 0.15) is 38.1 Å². The Bertz CT molecular complexity index is 1080. The molecule has 0 spiro atoms. The summed E-state index contributed by atoms with van der Waals surface area (Å²) in [5.41, 5.74) is 4.40. The van der Waals surface area contributed by atoms with Crippen LogP contribution in [0, 0.1) is 6.92 Å².